The summed E-state index contributed by atoms with van der Waals surface area (Å²) in [6.45, 7) is 6.27. The summed E-state index contributed by atoms with van der Waals surface area (Å²) in [6, 6.07) is 47.9. The van der Waals surface area contributed by atoms with Crippen LogP contribution in [0.5, 0.6) is 0 Å². The molecular formula is C46H33IrN3O-2. The second kappa shape index (κ2) is 14.6. The van der Waals surface area contributed by atoms with Crippen LogP contribution in [0, 0.1) is 32.9 Å². The van der Waals surface area contributed by atoms with E-state index in [0.717, 1.165) is 77.7 Å². The average Bonchev–Trinajstić information content (AvgIpc) is 3.54. The maximum absolute atomic E-state index is 6.71. The number of fused-ring (bicyclic) bond motifs is 4. The van der Waals surface area contributed by atoms with Gasteiger partial charge in [0.25, 0.3) is 0 Å². The van der Waals surface area contributed by atoms with Crippen molar-refractivity contribution in [1.82, 2.24) is 15.0 Å². The number of aryl methyl sites for hydroxylation is 3. The molecule has 5 heteroatoms. The Kier molecular flexibility index (Phi) is 9.67. The first kappa shape index (κ1) is 33.7. The van der Waals surface area contributed by atoms with E-state index in [2.05, 4.69) is 109 Å². The third kappa shape index (κ3) is 6.74. The summed E-state index contributed by atoms with van der Waals surface area (Å²) < 4.78 is 6.71. The van der Waals surface area contributed by atoms with E-state index in [1.807, 2.05) is 80.2 Å². The molecule has 9 aromatic rings. The fraction of sp³-hybridized carbons (Fsp3) is 0.0652. The number of hydrogen-bond donors (Lipinski definition) is 0. The molecule has 4 nitrogen and oxygen atoms in total. The Morgan fingerprint density at radius 3 is 2.20 bits per heavy atom. The van der Waals surface area contributed by atoms with Gasteiger partial charge in [-0.25, -0.2) is 0 Å². The smallest absolute Gasteiger partial charge is 0.128 e. The van der Waals surface area contributed by atoms with E-state index < -0.39 is 0 Å². The Bertz CT molecular complexity index is 2610. The third-order valence-electron chi connectivity index (χ3n) is 8.99. The minimum atomic E-state index is 0. The summed E-state index contributed by atoms with van der Waals surface area (Å²) in [5.74, 6) is 0. The van der Waals surface area contributed by atoms with Crippen LogP contribution in [0.3, 0.4) is 0 Å². The first-order chi connectivity index (χ1) is 24.5. The molecule has 0 aliphatic carbocycles. The van der Waals surface area contributed by atoms with E-state index in [-0.39, 0.29) is 20.1 Å². The number of hydrogen-bond acceptors (Lipinski definition) is 4. The number of rotatable bonds is 4. The van der Waals surface area contributed by atoms with E-state index in [4.69, 9.17) is 9.40 Å². The summed E-state index contributed by atoms with van der Waals surface area (Å²) in [4.78, 5) is 13.5. The molecule has 1 radical (unpaired) electrons. The van der Waals surface area contributed by atoms with Crippen molar-refractivity contribution in [2.45, 2.75) is 20.8 Å². The summed E-state index contributed by atoms with van der Waals surface area (Å²) in [6.07, 6.45) is 7.59. The molecule has 0 fully saturated rings. The second-order valence-electron chi connectivity index (χ2n) is 12.5. The average molecular weight is 836 g/mol. The Morgan fingerprint density at radius 1 is 0.529 bits per heavy atom. The first-order valence-corrected chi connectivity index (χ1v) is 16.7. The zero-order chi connectivity index (χ0) is 34.0. The van der Waals surface area contributed by atoms with Gasteiger partial charge in [-0.3, -0.25) is 4.98 Å². The quantitative estimate of drug-likeness (QED) is 0.166. The molecule has 0 amide bonds. The second-order valence-corrected chi connectivity index (χ2v) is 12.5. The molecule has 4 heterocycles. The number of nitrogens with zero attached hydrogens (tertiary/aromatic N) is 3. The Morgan fingerprint density at radius 2 is 1.39 bits per heavy atom. The predicted molar refractivity (Wildman–Crippen MR) is 205 cm³/mol. The van der Waals surface area contributed by atoms with Crippen molar-refractivity contribution < 1.29 is 24.5 Å². The Hall–Kier alpha value is -5.74. The van der Waals surface area contributed by atoms with Gasteiger partial charge in [0.15, 0.2) is 0 Å². The molecule has 0 atom stereocenters. The summed E-state index contributed by atoms with van der Waals surface area (Å²) in [7, 11) is 0. The van der Waals surface area contributed by atoms with Crippen LogP contribution in [-0.4, -0.2) is 15.0 Å². The van der Waals surface area contributed by atoms with Crippen molar-refractivity contribution in [3.8, 4) is 44.8 Å². The van der Waals surface area contributed by atoms with Gasteiger partial charge in [0.05, 0.1) is 5.58 Å². The largest absolute Gasteiger partial charge is 0.500 e. The molecule has 51 heavy (non-hydrogen) atoms. The summed E-state index contributed by atoms with van der Waals surface area (Å²) in [5.41, 5.74) is 13.4. The van der Waals surface area contributed by atoms with E-state index in [1.54, 1.807) is 0 Å². The van der Waals surface area contributed by atoms with Crippen LogP contribution in [0.25, 0.3) is 77.5 Å². The van der Waals surface area contributed by atoms with Gasteiger partial charge in [-0.1, -0.05) is 77.7 Å². The van der Waals surface area contributed by atoms with Gasteiger partial charge in [-0.15, -0.1) is 54.1 Å². The normalized spacial score (nSPS) is 10.9. The summed E-state index contributed by atoms with van der Waals surface area (Å²) >= 11 is 0. The van der Waals surface area contributed by atoms with E-state index in [9.17, 15) is 0 Å². The molecule has 0 aliphatic heterocycles. The third-order valence-corrected chi connectivity index (χ3v) is 8.99. The van der Waals surface area contributed by atoms with Crippen molar-refractivity contribution in [2.75, 3.05) is 0 Å². The maximum Gasteiger partial charge on any atom is 0.128 e. The standard InChI is InChI=1S/C34H23N2O.C12H10N.Ir/c1-21-16-29(26-11-6-10-25-22(2)19-35-20-31(25)26)34-30(17-21)27-12-7-13-28(33(27)37-34)32-18-24(14-15-36-32)23-8-4-3-5-9-23;1-10-7-8-12(13-9-10)11-5-3-2-4-6-11;/h3-12,14-20H,1-2H3;2-5,7-9H,1H3;/q2*-1;. The summed E-state index contributed by atoms with van der Waals surface area (Å²) in [5, 5.41) is 4.49. The zero-order valence-corrected chi connectivity index (χ0v) is 30.8. The monoisotopic (exact) mass is 836 g/mol. The van der Waals surface area contributed by atoms with Gasteiger partial charge >= 0.3 is 0 Å². The number of pyridine rings is 3. The van der Waals surface area contributed by atoms with Gasteiger partial charge in [0, 0.05) is 61.2 Å². The molecule has 0 saturated carbocycles. The van der Waals surface area contributed by atoms with Crippen LogP contribution < -0.4 is 0 Å². The van der Waals surface area contributed by atoms with Gasteiger partial charge in [0.2, 0.25) is 0 Å². The Labute approximate surface area is 311 Å². The number of aromatic nitrogens is 3. The topological polar surface area (TPSA) is 51.8 Å². The molecule has 0 unspecified atom stereocenters. The minimum Gasteiger partial charge on any atom is -0.500 e. The molecule has 0 N–H and O–H groups in total. The van der Waals surface area contributed by atoms with Gasteiger partial charge < -0.3 is 14.4 Å². The van der Waals surface area contributed by atoms with Crippen LogP contribution in [0.2, 0.25) is 0 Å². The fourth-order valence-electron chi connectivity index (χ4n) is 6.51. The molecule has 9 rings (SSSR count). The van der Waals surface area contributed by atoms with Gasteiger partial charge in [-0.05, 0) is 89.1 Å². The number of furan rings is 1. The van der Waals surface area contributed by atoms with Crippen LogP contribution in [0.15, 0.2) is 151 Å². The fourth-order valence-corrected chi connectivity index (χ4v) is 6.51. The molecule has 249 valence electrons. The zero-order valence-electron chi connectivity index (χ0n) is 28.4. The van der Waals surface area contributed by atoms with Crippen LogP contribution in [0.4, 0.5) is 0 Å². The minimum absolute atomic E-state index is 0. The SMILES string of the molecule is Cc1cc(-c2cccc3c(C)cncc23)c2oc3c(-c4cc(-c5ccccc5)ccn4)[c-]ccc3c2c1.Cc1ccc(-c2[c-]cccc2)nc1.[Ir]. The maximum atomic E-state index is 6.71. The number of benzene rings is 5. The molecular weight excluding hydrogens is 803 g/mol. The van der Waals surface area contributed by atoms with Crippen molar-refractivity contribution in [1.29, 1.82) is 0 Å². The van der Waals surface area contributed by atoms with Crippen LogP contribution in [-0.2, 0) is 20.1 Å². The van der Waals surface area contributed by atoms with Crippen molar-refractivity contribution in [2.24, 2.45) is 0 Å². The van der Waals surface area contributed by atoms with Crippen LogP contribution in [0.1, 0.15) is 16.7 Å². The van der Waals surface area contributed by atoms with E-state index >= 15 is 0 Å². The van der Waals surface area contributed by atoms with Gasteiger partial charge in [0.1, 0.15) is 5.58 Å². The van der Waals surface area contributed by atoms with Crippen molar-refractivity contribution >= 4 is 32.7 Å². The van der Waals surface area contributed by atoms with Crippen molar-refractivity contribution in [3.05, 3.63) is 175 Å². The molecule has 0 bridgehead atoms. The van der Waals surface area contributed by atoms with Crippen LogP contribution >= 0.6 is 0 Å². The molecule has 0 aliphatic rings. The Balaban J connectivity index is 0.000000245. The molecule has 4 aromatic heterocycles. The molecule has 5 aromatic carbocycles. The van der Waals surface area contributed by atoms with Gasteiger partial charge in [-0.2, -0.15) is 0 Å². The predicted octanol–water partition coefficient (Wildman–Crippen LogP) is 11.8. The van der Waals surface area contributed by atoms with E-state index in [1.165, 1.54) is 16.5 Å². The first-order valence-electron chi connectivity index (χ1n) is 16.7. The van der Waals surface area contributed by atoms with E-state index in [0.29, 0.717) is 0 Å². The van der Waals surface area contributed by atoms with Crippen molar-refractivity contribution in [3.63, 3.8) is 0 Å². The molecule has 0 saturated heterocycles. The molecule has 0 spiro atoms.